The summed E-state index contributed by atoms with van der Waals surface area (Å²) in [5, 5.41) is 3.04. The minimum atomic E-state index is -0.442. The number of hydrogen-bond donors (Lipinski definition) is 1. The average Bonchev–Trinajstić information content (AvgIpc) is 3.11. The number of halogens is 2. The highest BCUT2D eigenvalue weighted by atomic mass is 35.5. The third-order valence-corrected chi connectivity index (χ3v) is 2.85. The van der Waals surface area contributed by atoms with Crippen molar-refractivity contribution in [3.05, 3.63) is 29.0 Å². The van der Waals surface area contributed by atoms with Crippen LogP contribution in [0.2, 0.25) is 5.02 Å². The molecule has 1 saturated carbocycles. The first kappa shape index (κ1) is 12.2. The minimum absolute atomic E-state index is 0.143. The van der Waals surface area contributed by atoms with Gasteiger partial charge in [-0.05, 0) is 30.9 Å². The lowest BCUT2D eigenvalue weighted by atomic mass is 10.3. The number of nitrogens with one attached hydrogen (secondary N) is 1. The topological polar surface area (TPSA) is 38.3 Å². The molecule has 2 rings (SSSR count). The van der Waals surface area contributed by atoms with Gasteiger partial charge in [-0.15, -0.1) is 0 Å². The number of ether oxygens (including phenoxy) is 1. The lowest BCUT2D eigenvalue weighted by Gasteiger charge is -2.08. The molecular formula is C12H13ClFNO2. The Balaban J connectivity index is 1.79. The van der Waals surface area contributed by atoms with E-state index in [1.165, 1.54) is 25.0 Å². The van der Waals surface area contributed by atoms with Crippen LogP contribution in [-0.4, -0.2) is 19.1 Å². The van der Waals surface area contributed by atoms with E-state index in [9.17, 15) is 9.18 Å². The molecule has 0 aliphatic heterocycles. The van der Waals surface area contributed by atoms with E-state index in [4.69, 9.17) is 16.3 Å². The summed E-state index contributed by atoms with van der Waals surface area (Å²) >= 11 is 5.79. The Labute approximate surface area is 104 Å². The molecule has 1 aromatic rings. The Morgan fingerprint density at radius 2 is 2.29 bits per heavy atom. The van der Waals surface area contributed by atoms with Gasteiger partial charge in [-0.2, -0.15) is 0 Å². The fourth-order valence-corrected chi connectivity index (χ4v) is 1.53. The van der Waals surface area contributed by atoms with Gasteiger partial charge in [0.1, 0.15) is 11.6 Å². The molecule has 3 nitrogen and oxygen atoms in total. The molecule has 0 bridgehead atoms. The van der Waals surface area contributed by atoms with Crippen LogP contribution in [0, 0.1) is 11.7 Å². The average molecular weight is 258 g/mol. The van der Waals surface area contributed by atoms with Crippen molar-refractivity contribution in [3.8, 4) is 5.75 Å². The van der Waals surface area contributed by atoms with Gasteiger partial charge in [0, 0.05) is 12.6 Å². The summed E-state index contributed by atoms with van der Waals surface area (Å²) in [7, 11) is 0. The first-order valence-corrected chi connectivity index (χ1v) is 5.87. The third kappa shape index (κ3) is 3.89. The molecule has 0 spiro atoms. The molecule has 1 aromatic carbocycles. The molecule has 0 unspecified atom stereocenters. The van der Waals surface area contributed by atoms with E-state index in [0.717, 1.165) is 6.07 Å². The second-order valence-electron chi connectivity index (χ2n) is 4.11. The number of benzene rings is 1. The van der Waals surface area contributed by atoms with E-state index >= 15 is 0 Å². The van der Waals surface area contributed by atoms with Crippen molar-refractivity contribution in [2.24, 2.45) is 5.92 Å². The second kappa shape index (κ2) is 5.36. The van der Waals surface area contributed by atoms with Gasteiger partial charge in [0.25, 0.3) is 5.91 Å². The SMILES string of the molecule is O=C(COc1cc(F)ccc1Cl)NCC1CC1. The van der Waals surface area contributed by atoms with Gasteiger partial charge in [-0.3, -0.25) is 4.79 Å². The van der Waals surface area contributed by atoms with Crippen molar-refractivity contribution >= 4 is 17.5 Å². The Hall–Kier alpha value is -1.29. The molecule has 0 saturated heterocycles. The van der Waals surface area contributed by atoms with Crippen LogP contribution >= 0.6 is 11.6 Å². The zero-order chi connectivity index (χ0) is 12.3. The Morgan fingerprint density at radius 3 is 3.00 bits per heavy atom. The van der Waals surface area contributed by atoms with Gasteiger partial charge in [0.15, 0.2) is 6.61 Å². The minimum Gasteiger partial charge on any atom is -0.482 e. The summed E-state index contributed by atoms with van der Waals surface area (Å²) in [4.78, 5) is 11.4. The Kier molecular flexibility index (Phi) is 3.84. The number of amides is 1. The number of carbonyl (C=O) groups is 1. The Bertz CT molecular complexity index is 421. The van der Waals surface area contributed by atoms with Crippen molar-refractivity contribution in [1.29, 1.82) is 0 Å². The highest BCUT2D eigenvalue weighted by molar-refractivity contribution is 6.32. The lowest BCUT2D eigenvalue weighted by molar-refractivity contribution is -0.123. The Morgan fingerprint density at radius 1 is 1.53 bits per heavy atom. The van der Waals surface area contributed by atoms with Crippen molar-refractivity contribution in [3.63, 3.8) is 0 Å². The molecule has 0 heterocycles. The summed E-state index contributed by atoms with van der Waals surface area (Å²) in [6.45, 7) is 0.551. The molecule has 5 heteroatoms. The quantitative estimate of drug-likeness (QED) is 0.880. The monoisotopic (exact) mass is 257 g/mol. The molecule has 1 aliphatic rings. The van der Waals surface area contributed by atoms with Gasteiger partial charge in [0.2, 0.25) is 0 Å². The molecule has 17 heavy (non-hydrogen) atoms. The van der Waals surface area contributed by atoms with Crippen LogP contribution in [-0.2, 0) is 4.79 Å². The normalized spacial score (nSPS) is 14.5. The zero-order valence-corrected chi connectivity index (χ0v) is 9.97. The van der Waals surface area contributed by atoms with Crippen LogP contribution in [0.4, 0.5) is 4.39 Å². The number of carbonyl (C=O) groups excluding carboxylic acids is 1. The van der Waals surface area contributed by atoms with Crippen molar-refractivity contribution in [2.75, 3.05) is 13.2 Å². The maximum Gasteiger partial charge on any atom is 0.257 e. The molecule has 0 aromatic heterocycles. The molecule has 0 atom stereocenters. The van der Waals surface area contributed by atoms with Crippen molar-refractivity contribution < 1.29 is 13.9 Å². The first-order chi connectivity index (χ1) is 8.15. The maximum absolute atomic E-state index is 12.9. The number of rotatable bonds is 5. The van der Waals surface area contributed by atoms with E-state index in [1.807, 2.05) is 0 Å². The number of hydrogen-bond acceptors (Lipinski definition) is 2. The van der Waals surface area contributed by atoms with Crippen LogP contribution in [0.1, 0.15) is 12.8 Å². The van der Waals surface area contributed by atoms with E-state index in [1.54, 1.807) is 0 Å². The van der Waals surface area contributed by atoms with E-state index in [-0.39, 0.29) is 18.3 Å². The summed E-state index contributed by atoms with van der Waals surface area (Å²) < 4.78 is 18.0. The summed E-state index contributed by atoms with van der Waals surface area (Å²) in [5.74, 6) is 0.157. The molecule has 1 fully saturated rings. The second-order valence-corrected chi connectivity index (χ2v) is 4.52. The highest BCUT2D eigenvalue weighted by Crippen LogP contribution is 2.27. The fraction of sp³-hybridized carbons (Fsp3) is 0.417. The lowest BCUT2D eigenvalue weighted by Crippen LogP contribution is -2.30. The smallest absolute Gasteiger partial charge is 0.257 e. The molecule has 1 amide bonds. The van der Waals surface area contributed by atoms with Gasteiger partial charge in [0.05, 0.1) is 5.02 Å². The van der Waals surface area contributed by atoms with E-state index in [0.29, 0.717) is 17.5 Å². The molecule has 92 valence electrons. The molecular weight excluding hydrogens is 245 g/mol. The van der Waals surface area contributed by atoms with Gasteiger partial charge >= 0.3 is 0 Å². The molecule has 1 aliphatic carbocycles. The zero-order valence-electron chi connectivity index (χ0n) is 9.21. The largest absolute Gasteiger partial charge is 0.482 e. The standard InChI is InChI=1S/C12H13ClFNO2/c13-10-4-3-9(14)5-11(10)17-7-12(16)15-6-8-1-2-8/h3-5,8H,1-2,6-7H2,(H,15,16). The maximum atomic E-state index is 12.9. The summed E-state index contributed by atoms with van der Waals surface area (Å²) in [6.07, 6.45) is 2.35. The fourth-order valence-electron chi connectivity index (χ4n) is 1.36. The third-order valence-electron chi connectivity index (χ3n) is 2.54. The van der Waals surface area contributed by atoms with Crippen LogP contribution in [0.5, 0.6) is 5.75 Å². The molecule has 1 N–H and O–H groups in total. The van der Waals surface area contributed by atoms with Crippen LogP contribution in [0.15, 0.2) is 18.2 Å². The molecule has 0 radical (unpaired) electrons. The highest BCUT2D eigenvalue weighted by Gasteiger charge is 2.21. The van der Waals surface area contributed by atoms with Crippen molar-refractivity contribution in [2.45, 2.75) is 12.8 Å². The van der Waals surface area contributed by atoms with E-state index < -0.39 is 5.82 Å². The van der Waals surface area contributed by atoms with Crippen LogP contribution in [0.3, 0.4) is 0 Å². The van der Waals surface area contributed by atoms with Crippen molar-refractivity contribution in [1.82, 2.24) is 5.32 Å². The van der Waals surface area contributed by atoms with Gasteiger partial charge in [-0.25, -0.2) is 4.39 Å². The first-order valence-electron chi connectivity index (χ1n) is 5.49. The summed E-state index contributed by atoms with van der Waals surface area (Å²) in [6, 6.07) is 3.80. The van der Waals surface area contributed by atoms with Crippen LogP contribution in [0.25, 0.3) is 0 Å². The van der Waals surface area contributed by atoms with Gasteiger partial charge in [-0.1, -0.05) is 11.6 Å². The van der Waals surface area contributed by atoms with E-state index in [2.05, 4.69) is 5.32 Å². The predicted molar refractivity (Wildman–Crippen MR) is 62.6 cm³/mol. The van der Waals surface area contributed by atoms with Gasteiger partial charge < -0.3 is 10.1 Å². The van der Waals surface area contributed by atoms with Crippen LogP contribution < -0.4 is 10.1 Å². The predicted octanol–water partition coefficient (Wildman–Crippen LogP) is 2.38. The summed E-state index contributed by atoms with van der Waals surface area (Å²) in [5.41, 5.74) is 0.